The molecule has 236 valence electrons. The highest BCUT2D eigenvalue weighted by molar-refractivity contribution is 5.86. The van der Waals surface area contributed by atoms with Crippen molar-refractivity contribution in [2.75, 3.05) is 20.2 Å². The second-order valence-electron chi connectivity index (χ2n) is 8.18. The van der Waals surface area contributed by atoms with Gasteiger partial charge in [0.1, 0.15) is 12.6 Å². The highest BCUT2D eigenvalue weighted by Gasteiger charge is 2.21. The Morgan fingerprint density at radius 1 is 1.02 bits per heavy atom. The minimum atomic E-state index is -0.867. The maximum Gasteiger partial charge on any atom is 0.328 e. The van der Waals surface area contributed by atoms with Crippen molar-refractivity contribution in [3.05, 3.63) is 96.7 Å². The van der Waals surface area contributed by atoms with E-state index in [9.17, 15) is 14.4 Å². The largest absolute Gasteiger partial charge is 0.467 e. The molecular weight excluding hydrogens is 542 g/mol. The number of amides is 2. The second-order valence-corrected chi connectivity index (χ2v) is 8.18. The van der Waals surface area contributed by atoms with Crippen LogP contribution in [0.2, 0.25) is 0 Å². The van der Waals surface area contributed by atoms with E-state index in [4.69, 9.17) is 16.2 Å². The lowest BCUT2D eigenvalue weighted by Crippen LogP contribution is -2.44. The molecule has 6 N–H and O–H groups in total. The number of carbonyl (C=O) groups is 3. The predicted octanol–water partition coefficient (Wildman–Crippen LogP) is 4.51. The molecule has 0 aliphatic heterocycles. The lowest BCUT2D eigenvalue weighted by atomic mass is 10.0. The van der Waals surface area contributed by atoms with Gasteiger partial charge in [-0.05, 0) is 51.0 Å². The van der Waals surface area contributed by atoms with Crippen LogP contribution >= 0.6 is 0 Å². The average molecular weight is 594 g/mol. The molecule has 0 saturated carbocycles. The van der Waals surface area contributed by atoms with Crippen molar-refractivity contribution in [2.24, 2.45) is 16.5 Å². The van der Waals surface area contributed by atoms with Crippen LogP contribution in [0.1, 0.15) is 59.1 Å². The molecule has 2 amide bonds. The molecule has 1 rings (SSSR count). The number of nitrogens with one attached hydrogen (secondary N) is 2. The predicted molar refractivity (Wildman–Crippen MR) is 180 cm³/mol. The van der Waals surface area contributed by atoms with Crippen molar-refractivity contribution in [2.45, 2.75) is 60.4 Å². The van der Waals surface area contributed by atoms with Crippen LogP contribution in [0.5, 0.6) is 0 Å². The van der Waals surface area contributed by atoms with Gasteiger partial charge >= 0.3 is 5.97 Å². The SMILES string of the molecule is C/C=C\C.C=C/C=C\C=C(/C)C#Cc1ccc(CC(NC(=O)CCNC(=O)CN=C(N)N)C(=O)OC)cc1.C=CC.CC. The Kier molecular flexibility index (Phi) is 29.9. The normalized spacial score (nSPS) is 10.4. The van der Waals surface area contributed by atoms with Gasteiger partial charge in [0.05, 0.1) is 7.11 Å². The first kappa shape index (κ1) is 42.6. The van der Waals surface area contributed by atoms with E-state index >= 15 is 0 Å². The van der Waals surface area contributed by atoms with Crippen LogP contribution in [0.15, 0.2) is 90.5 Å². The van der Waals surface area contributed by atoms with Gasteiger partial charge in [0.2, 0.25) is 11.8 Å². The number of carbonyl (C=O) groups excluding carboxylic acids is 3. The number of aliphatic imine (C=N–C) groups is 1. The van der Waals surface area contributed by atoms with Gasteiger partial charge in [0.15, 0.2) is 5.96 Å². The topological polar surface area (TPSA) is 149 Å². The fourth-order valence-electron chi connectivity index (χ4n) is 2.59. The summed E-state index contributed by atoms with van der Waals surface area (Å²) in [7, 11) is 1.25. The van der Waals surface area contributed by atoms with Gasteiger partial charge in [-0.1, -0.05) is 86.9 Å². The number of ether oxygens (including phenoxy) is 1. The molecule has 1 aromatic rings. The van der Waals surface area contributed by atoms with E-state index in [2.05, 4.69) is 40.6 Å². The highest BCUT2D eigenvalue weighted by atomic mass is 16.5. The zero-order valence-corrected chi connectivity index (χ0v) is 26.9. The Hall–Kier alpha value is -4.84. The number of hydrogen-bond donors (Lipinski definition) is 4. The van der Waals surface area contributed by atoms with Gasteiger partial charge in [-0.25, -0.2) is 9.79 Å². The maximum absolute atomic E-state index is 12.2. The summed E-state index contributed by atoms with van der Waals surface area (Å²) in [6, 6.07) is 6.50. The molecule has 1 unspecified atom stereocenters. The maximum atomic E-state index is 12.2. The number of allylic oxidation sites excluding steroid dienone is 8. The highest BCUT2D eigenvalue weighted by Crippen LogP contribution is 2.08. The summed E-state index contributed by atoms with van der Waals surface area (Å²) in [4.78, 5) is 39.5. The molecule has 1 atom stereocenters. The van der Waals surface area contributed by atoms with E-state index in [1.807, 2.05) is 96.2 Å². The van der Waals surface area contributed by atoms with Crippen LogP contribution in [0.4, 0.5) is 0 Å². The fourth-order valence-corrected chi connectivity index (χ4v) is 2.59. The second kappa shape index (κ2) is 30.1. The molecule has 0 aliphatic rings. The van der Waals surface area contributed by atoms with Crippen LogP contribution in [-0.4, -0.2) is 50.0 Å². The number of benzene rings is 1. The van der Waals surface area contributed by atoms with Gasteiger partial charge in [0.25, 0.3) is 0 Å². The van der Waals surface area contributed by atoms with Crippen molar-refractivity contribution in [1.82, 2.24) is 10.6 Å². The van der Waals surface area contributed by atoms with Crippen LogP contribution in [0.25, 0.3) is 0 Å². The van der Waals surface area contributed by atoms with E-state index in [1.54, 1.807) is 12.2 Å². The molecule has 0 spiro atoms. The summed E-state index contributed by atoms with van der Waals surface area (Å²) in [6.07, 6.45) is 13.2. The molecule has 9 nitrogen and oxygen atoms in total. The Bertz CT molecular complexity index is 1130. The molecule has 0 aliphatic carbocycles. The molecule has 0 aromatic heterocycles. The van der Waals surface area contributed by atoms with Crippen molar-refractivity contribution in [3.8, 4) is 11.8 Å². The Morgan fingerprint density at radius 3 is 2.09 bits per heavy atom. The lowest BCUT2D eigenvalue weighted by molar-refractivity contribution is -0.145. The molecule has 0 saturated heterocycles. The number of methoxy groups -OCH3 is 1. The Labute approximate surface area is 258 Å². The summed E-state index contributed by atoms with van der Waals surface area (Å²) in [5.41, 5.74) is 12.9. The van der Waals surface area contributed by atoms with Crippen LogP contribution in [0, 0.1) is 11.8 Å². The van der Waals surface area contributed by atoms with Gasteiger partial charge < -0.3 is 26.8 Å². The standard InChI is InChI=1S/C25H31N5O4.C4H8.C3H6.C2H6/c1-4-5-6-7-18(2)8-9-19-10-12-20(13-11-19)16-21(24(33)34-3)30-22(31)14-15-28-23(32)17-29-25(26)27;1-3-4-2;1-3-2;1-2/h4-7,10-13,21H,1,14-17H2,2-3H3,(H,28,32)(H,30,31)(H4,26,27,29);3-4H,1-2H3;3H,1H2,2H3;1-2H3/b6-5-,18-7+;4-3-;;. The number of esters is 1. The minimum absolute atomic E-state index is 0.0234. The minimum Gasteiger partial charge on any atom is -0.467 e. The van der Waals surface area contributed by atoms with E-state index in [1.165, 1.54) is 7.11 Å². The number of rotatable bonds is 11. The van der Waals surface area contributed by atoms with E-state index in [-0.39, 0.29) is 31.9 Å². The summed E-state index contributed by atoms with van der Waals surface area (Å²) in [6.45, 7) is 18.6. The van der Waals surface area contributed by atoms with Crippen molar-refractivity contribution >= 4 is 23.7 Å². The lowest BCUT2D eigenvalue weighted by Gasteiger charge is -2.17. The van der Waals surface area contributed by atoms with Crippen molar-refractivity contribution < 1.29 is 19.1 Å². The number of hydrogen-bond acceptors (Lipinski definition) is 5. The Morgan fingerprint density at radius 2 is 1.60 bits per heavy atom. The van der Waals surface area contributed by atoms with Gasteiger partial charge in [-0.15, -0.1) is 6.58 Å². The van der Waals surface area contributed by atoms with Crippen LogP contribution in [0.3, 0.4) is 0 Å². The fraction of sp³-hybridized carbons (Fsp3) is 0.353. The first-order chi connectivity index (χ1) is 20.6. The zero-order valence-electron chi connectivity index (χ0n) is 26.9. The number of nitrogens with zero attached hydrogens (tertiary/aromatic N) is 1. The Balaban J connectivity index is -0.00000157. The summed E-state index contributed by atoms with van der Waals surface area (Å²) in [5.74, 6) is 4.53. The third-order valence-corrected chi connectivity index (χ3v) is 4.62. The van der Waals surface area contributed by atoms with E-state index < -0.39 is 23.8 Å². The first-order valence-corrected chi connectivity index (χ1v) is 14.0. The number of nitrogens with two attached hydrogens (primary N) is 2. The van der Waals surface area contributed by atoms with E-state index in [0.717, 1.165) is 16.7 Å². The molecular formula is C34H51N5O4. The zero-order chi connectivity index (χ0) is 33.5. The summed E-state index contributed by atoms with van der Waals surface area (Å²) >= 11 is 0. The smallest absolute Gasteiger partial charge is 0.328 e. The van der Waals surface area contributed by atoms with Crippen molar-refractivity contribution in [1.29, 1.82) is 0 Å². The molecule has 0 fully saturated rings. The monoisotopic (exact) mass is 593 g/mol. The first-order valence-electron chi connectivity index (χ1n) is 14.0. The van der Waals surface area contributed by atoms with Crippen LogP contribution in [-0.2, 0) is 25.5 Å². The molecule has 43 heavy (non-hydrogen) atoms. The van der Waals surface area contributed by atoms with Crippen molar-refractivity contribution in [3.63, 3.8) is 0 Å². The quantitative estimate of drug-likeness (QED) is 0.0741. The average Bonchev–Trinajstić information content (AvgIpc) is 3.00. The molecule has 9 heteroatoms. The van der Waals surface area contributed by atoms with Gasteiger partial charge in [-0.3, -0.25) is 9.59 Å². The van der Waals surface area contributed by atoms with E-state index in [0.29, 0.717) is 0 Å². The van der Waals surface area contributed by atoms with Crippen LogP contribution < -0.4 is 22.1 Å². The third-order valence-electron chi connectivity index (χ3n) is 4.62. The molecule has 0 heterocycles. The number of guanidine groups is 1. The molecule has 1 aromatic carbocycles. The third kappa shape index (κ3) is 27.1. The molecule has 0 radical (unpaired) electrons. The van der Waals surface area contributed by atoms with Gasteiger partial charge in [-0.2, -0.15) is 0 Å². The summed E-state index contributed by atoms with van der Waals surface area (Å²) in [5, 5.41) is 5.15. The molecule has 0 bridgehead atoms. The summed E-state index contributed by atoms with van der Waals surface area (Å²) < 4.78 is 4.81. The van der Waals surface area contributed by atoms with Gasteiger partial charge in [0, 0.05) is 24.9 Å².